The highest BCUT2D eigenvalue weighted by molar-refractivity contribution is 14.1. The fourth-order valence-corrected chi connectivity index (χ4v) is 2.51. The number of halogens is 1. The minimum atomic E-state index is -0.338. The molecule has 144 valence electrons. The summed E-state index contributed by atoms with van der Waals surface area (Å²) in [6.07, 6.45) is 4.12. The van der Waals surface area contributed by atoms with Crippen molar-refractivity contribution in [3.8, 4) is 0 Å². The Labute approximate surface area is 172 Å². The van der Waals surface area contributed by atoms with Crippen molar-refractivity contribution in [3.05, 3.63) is 64.1 Å². The lowest BCUT2D eigenvalue weighted by molar-refractivity contribution is -0.121. The summed E-state index contributed by atoms with van der Waals surface area (Å²) >= 11 is 1.79. The summed E-state index contributed by atoms with van der Waals surface area (Å²) in [5, 5.41) is 0. The van der Waals surface area contributed by atoms with Crippen LogP contribution in [0.15, 0.2) is 53.0 Å². The number of ether oxygens (including phenoxy) is 2. The van der Waals surface area contributed by atoms with E-state index in [2.05, 4.69) is 3.07 Å². The number of ketones is 2. The van der Waals surface area contributed by atoms with Gasteiger partial charge in [0.1, 0.15) is 29.3 Å². The van der Waals surface area contributed by atoms with Gasteiger partial charge in [0, 0.05) is 24.7 Å². The van der Waals surface area contributed by atoms with E-state index >= 15 is 0 Å². The van der Waals surface area contributed by atoms with E-state index in [1.54, 1.807) is 43.1 Å². The Balaban J connectivity index is 0.00000114. The monoisotopic (exact) mass is 484 g/mol. The Morgan fingerprint density at radius 2 is 1.48 bits per heavy atom. The molecule has 0 unspecified atom stereocenters. The van der Waals surface area contributed by atoms with Crippen LogP contribution >= 0.6 is 23.0 Å². The zero-order valence-corrected chi connectivity index (χ0v) is 17.7. The largest absolute Gasteiger partial charge is 0.489 e. The van der Waals surface area contributed by atoms with E-state index in [9.17, 15) is 14.4 Å². The Hall–Kier alpha value is -2.26. The summed E-state index contributed by atoms with van der Waals surface area (Å²) in [6, 6.07) is 7.39. The van der Waals surface area contributed by atoms with Crippen LogP contribution in [0.4, 0.5) is 0 Å². The Morgan fingerprint density at radius 1 is 0.963 bits per heavy atom. The number of rotatable bonds is 6. The van der Waals surface area contributed by atoms with Gasteiger partial charge in [0.2, 0.25) is 23.1 Å². The van der Waals surface area contributed by atoms with Gasteiger partial charge in [-0.3, -0.25) is 14.4 Å². The van der Waals surface area contributed by atoms with E-state index in [0.29, 0.717) is 23.9 Å². The van der Waals surface area contributed by atoms with Gasteiger partial charge in [-0.1, -0.05) is 30.3 Å². The molecule has 1 aliphatic rings. The topological polar surface area (TPSA) is 78.9 Å². The van der Waals surface area contributed by atoms with Crippen LogP contribution in [0.3, 0.4) is 0 Å². The highest BCUT2D eigenvalue weighted by Gasteiger charge is 2.34. The van der Waals surface area contributed by atoms with Crippen LogP contribution < -0.4 is 0 Å². The quantitative estimate of drug-likeness (QED) is 0.267. The third-order valence-electron chi connectivity index (χ3n) is 3.82. The lowest BCUT2D eigenvalue weighted by Crippen LogP contribution is -2.25. The van der Waals surface area contributed by atoms with Crippen molar-refractivity contribution in [2.75, 3.05) is 21.3 Å². The molecule has 0 saturated carbocycles. The van der Waals surface area contributed by atoms with Crippen LogP contribution in [-0.4, -0.2) is 39.2 Å². The van der Waals surface area contributed by atoms with Crippen molar-refractivity contribution in [2.45, 2.75) is 13.3 Å². The predicted octanol–water partition coefficient (Wildman–Crippen LogP) is 3.40. The van der Waals surface area contributed by atoms with Gasteiger partial charge in [0.05, 0.1) is 14.2 Å². The van der Waals surface area contributed by atoms with Crippen molar-refractivity contribution >= 4 is 46.9 Å². The van der Waals surface area contributed by atoms with Gasteiger partial charge in [-0.2, -0.15) is 0 Å². The molecule has 0 N–H and O–H groups in total. The number of carbonyl (C=O) groups is 3. The SMILES string of the molecule is COC1=C(OC)C(=O)C(Cc2ccc(/C=C/C=O)cc2)=C(C)C1=O.COI. The van der Waals surface area contributed by atoms with Gasteiger partial charge in [-0.15, -0.1) is 0 Å². The minimum Gasteiger partial charge on any atom is -0.489 e. The first-order valence-corrected chi connectivity index (χ1v) is 8.80. The number of allylic oxidation sites excluding steroid dienone is 3. The van der Waals surface area contributed by atoms with Gasteiger partial charge in [-0.25, -0.2) is 0 Å². The first-order chi connectivity index (χ1) is 12.9. The van der Waals surface area contributed by atoms with Gasteiger partial charge >= 0.3 is 0 Å². The van der Waals surface area contributed by atoms with Crippen molar-refractivity contribution in [1.82, 2.24) is 0 Å². The molecule has 0 bridgehead atoms. The molecule has 0 fully saturated rings. The second kappa shape index (κ2) is 11.5. The van der Waals surface area contributed by atoms with Gasteiger partial charge in [-0.05, 0) is 24.1 Å². The van der Waals surface area contributed by atoms with Crippen LogP contribution in [-0.2, 0) is 33.3 Å². The third kappa shape index (κ3) is 5.86. The van der Waals surface area contributed by atoms with Crippen LogP contribution in [0, 0.1) is 0 Å². The van der Waals surface area contributed by atoms with E-state index in [1.165, 1.54) is 20.3 Å². The molecule has 2 rings (SSSR count). The van der Waals surface area contributed by atoms with Crippen molar-refractivity contribution in [2.24, 2.45) is 0 Å². The molecule has 0 amide bonds. The maximum atomic E-state index is 12.6. The standard InChI is InChI=1S/C19H18O5.CH3IO/c1-12-15(17(22)19(24-3)18(23-2)16(12)21)11-14-8-6-13(7-9-14)5-4-10-20;1-3-2/h4-10H,11H2,1-3H3;1H3/b5-4+;. The fourth-order valence-electron chi connectivity index (χ4n) is 2.51. The normalized spacial score (nSPS) is 14.3. The highest BCUT2D eigenvalue weighted by atomic mass is 127. The van der Waals surface area contributed by atoms with E-state index in [4.69, 9.17) is 9.47 Å². The van der Waals surface area contributed by atoms with Crippen LogP contribution in [0.5, 0.6) is 0 Å². The summed E-state index contributed by atoms with van der Waals surface area (Å²) < 4.78 is 14.3. The van der Waals surface area contributed by atoms with E-state index in [-0.39, 0.29) is 23.1 Å². The number of aldehydes is 1. The number of Topliss-reactive ketones (excluding diaryl/α,β-unsaturated/α-hetero) is 2. The van der Waals surface area contributed by atoms with Gasteiger partial charge in [0.25, 0.3) is 0 Å². The molecular formula is C20H21IO6. The Morgan fingerprint density at radius 3 is 1.96 bits per heavy atom. The summed E-state index contributed by atoms with van der Waals surface area (Å²) in [5.74, 6) is -0.794. The average Bonchev–Trinajstić information content (AvgIpc) is 2.67. The zero-order chi connectivity index (χ0) is 20.4. The van der Waals surface area contributed by atoms with Gasteiger partial charge < -0.3 is 12.5 Å². The number of carbonyl (C=O) groups excluding carboxylic acids is 3. The molecule has 0 aromatic heterocycles. The maximum absolute atomic E-state index is 12.6. The molecule has 0 aliphatic heterocycles. The van der Waals surface area contributed by atoms with E-state index in [1.807, 2.05) is 24.3 Å². The summed E-state index contributed by atoms with van der Waals surface area (Å²) in [4.78, 5) is 35.2. The minimum absolute atomic E-state index is 0.0573. The third-order valence-corrected chi connectivity index (χ3v) is 3.82. The number of methoxy groups -OCH3 is 2. The Kier molecular flexibility index (Phi) is 9.66. The number of hydrogen-bond acceptors (Lipinski definition) is 6. The molecule has 0 spiro atoms. The second-order valence-corrected chi connectivity index (χ2v) is 6.28. The lowest BCUT2D eigenvalue weighted by atomic mass is 9.89. The first-order valence-electron chi connectivity index (χ1n) is 7.92. The maximum Gasteiger partial charge on any atom is 0.228 e. The zero-order valence-electron chi connectivity index (χ0n) is 15.6. The second-order valence-electron chi connectivity index (χ2n) is 5.40. The van der Waals surface area contributed by atoms with E-state index < -0.39 is 0 Å². The Bertz CT molecular complexity index is 787. The van der Waals surface area contributed by atoms with Crippen molar-refractivity contribution in [3.63, 3.8) is 0 Å². The average molecular weight is 484 g/mol. The summed E-state index contributed by atoms with van der Waals surface area (Å²) in [6.45, 7) is 1.61. The number of benzene rings is 1. The molecule has 0 atom stereocenters. The van der Waals surface area contributed by atoms with Crippen LogP contribution in [0.2, 0.25) is 0 Å². The van der Waals surface area contributed by atoms with Crippen molar-refractivity contribution < 1.29 is 26.9 Å². The molecular weight excluding hydrogens is 463 g/mol. The predicted molar refractivity (Wildman–Crippen MR) is 110 cm³/mol. The lowest BCUT2D eigenvalue weighted by Gasteiger charge is -2.20. The van der Waals surface area contributed by atoms with Crippen LogP contribution in [0.25, 0.3) is 6.08 Å². The van der Waals surface area contributed by atoms with Gasteiger partial charge in [0.15, 0.2) is 0 Å². The summed E-state index contributed by atoms with van der Waals surface area (Å²) in [7, 11) is 4.29. The molecule has 1 aromatic rings. The molecule has 6 nitrogen and oxygen atoms in total. The molecule has 27 heavy (non-hydrogen) atoms. The number of hydrogen-bond donors (Lipinski definition) is 0. The summed E-state index contributed by atoms with van der Waals surface area (Å²) in [5.41, 5.74) is 2.52. The highest BCUT2D eigenvalue weighted by Crippen LogP contribution is 2.28. The van der Waals surface area contributed by atoms with Crippen LogP contribution in [0.1, 0.15) is 18.1 Å². The molecule has 7 heteroatoms. The molecule has 1 aromatic carbocycles. The first kappa shape index (κ1) is 22.8. The molecule has 0 heterocycles. The molecule has 0 radical (unpaired) electrons. The molecule has 1 aliphatic carbocycles. The van der Waals surface area contributed by atoms with E-state index in [0.717, 1.165) is 11.1 Å². The van der Waals surface area contributed by atoms with Crippen molar-refractivity contribution in [1.29, 1.82) is 0 Å². The molecule has 0 saturated heterocycles. The fraction of sp³-hybridized carbons (Fsp3) is 0.250. The smallest absolute Gasteiger partial charge is 0.228 e.